The molecule has 8 nitrogen and oxygen atoms in total. The fraction of sp³-hybridized carbons (Fsp3) is 0.357. The van der Waals surface area contributed by atoms with Gasteiger partial charge in [-0.1, -0.05) is 51.5 Å². The molecule has 0 saturated carbocycles. The molecule has 1 amide bonds. The van der Waals surface area contributed by atoms with Crippen LogP contribution in [0.1, 0.15) is 61.7 Å². The summed E-state index contributed by atoms with van der Waals surface area (Å²) in [6, 6.07) is 15.8. The van der Waals surface area contributed by atoms with Gasteiger partial charge in [0.1, 0.15) is 16.4 Å². The Morgan fingerprint density at radius 3 is 2.35 bits per heavy atom. The molecule has 0 aliphatic heterocycles. The largest absolute Gasteiger partial charge is 0.467 e. The number of amides is 1. The van der Waals surface area contributed by atoms with E-state index in [2.05, 4.69) is 0 Å². The van der Waals surface area contributed by atoms with Crippen LogP contribution in [0.2, 0.25) is 0 Å². The van der Waals surface area contributed by atoms with Crippen molar-refractivity contribution < 1.29 is 31.3 Å². The number of unbranched alkanes of at least 4 members (excludes halogenated alkanes) is 1. The third-order valence-electron chi connectivity index (χ3n) is 5.47. The average Bonchev–Trinajstić information content (AvgIpc) is 3.37. The van der Waals surface area contributed by atoms with Crippen molar-refractivity contribution in [3.8, 4) is 5.75 Å². The Morgan fingerprint density at radius 2 is 1.70 bits per heavy atom. The Morgan fingerprint density at radius 1 is 0.973 bits per heavy atom. The van der Waals surface area contributed by atoms with Crippen LogP contribution >= 0.6 is 0 Å². The predicted octanol–water partition coefficient (Wildman–Crippen LogP) is 5.58. The van der Waals surface area contributed by atoms with E-state index in [9.17, 15) is 18.0 Å². The first kappa shape index (κ1) is 28.0. The minimum Gasteiger partial charge on any atom is -0.467 e. The van der Waals surface area contributed by atoms with E-state index in [1.807, 2.05) is 26.8 Å². The van der Waals surface area contributed by atoms with Gasteiger partial charge in [0.05, 0.1) is 25.0 Å². The molecule has 0 radical (unpaired) electrons. The van der Waals surface area contributed by atoms with Crippen molar-refractivity contribution >= 4 is 22.0 Å². The second-order valence-electron chi connectivity index (χ2n) is 9.09. The molecule has 198 valence electrons. The number of carbonyl (C=O) groups is 2. The van der Waals surface area contributed by atoms with E-state index in [1.165, 1.54) is 30.3 Å². The quantitative estimate of drug-likeness (QED) is 0.162. The van der Waals surface area contributed by atoms with E-state index in [0.717, 1.165) is 12.0 Å². The number of hydrogen-bond acceptors (Lipinski definition) is 7. The van der Waals surface area contributed by atoms with Crippen molar-refractivity contribution in [1.82, 2.24) is 4.90 Å². The SMILES string of the molecule is CCCCOC(=O)c1ccccc1S(=O)(=O)Oc1ccc(CN(Cc2ccco2)C(=O)CC(C)C)cc1. The molecule has 0 spiro atoms. The molecule has 1 aromatic heterocycles. The zero-order valence-corrected chi connectivity index (χ0v) is 22.2. The highest BCUT2D eigenvalue weighted by molar-refractivity contribution is 7.87. The molecule has 0 fully saturated rings. The van der Waals surface area contributed by atoms with Gasteiger partial charge in [0.2, 0.25) is 5.91 Å². The first-order valence-electron chi connectivity index (χ1n) is 12.3. The van der Waals surface area contributed by atoms with Crippen molar-refractivity contribution in [3.05, 3.63) is 83.8 Å². The lowest BCUT2D eigenvalue weighted by Crippen LogP contribution is -2.30. The van der Waals surface area contributed by atoms with E-state index in [4.69, 9.17) is 13.3 Å². The van der Waals surface area contributed by atoms with Gasteiger partial charge in [-0.05, 0) is 54.3 Å². The van der Waals surface area contributed by atoms with E-state index in [0.29, 0.717) is 31.7 Å². The first-order chi connectivity index (χ1) is 17.7. The standard InChI is InChI=1S/C28H33NO7S/c1-4-5-16-35-28(31)25-10-6-7-11-26(25)37(32,33)36-23-14-12-22(13-15-23)19-29(27(30)18-21(2)3)20-24-9-8-17-34-24/h6-15,17,21H,4-5,16,18-20H2,1-3H3. The average molecular weight is 528 g/mol. The van der Waals surface area contributed by atoms with Crippen LogP contribution in [0.15, 0.2) is 76.2 Å². The summed E-state index contributed by atoms with van der Waals surface area (Å²) in [4.78, 5) is 26.7. The van der Waals surface area contributed by atoms with Crippen LogP contribution in [0.4, 0.5) is 0 Å². The Labute approximate surface area is 218 Å². The second-order valence-corrected chi connectivity index (χ2v) is 10.6. The maximum Gasteiger partial charge on any atom is 0.340 e. The molecule has 3 aromatic rings. The van der Waals surface area contributed by atoms with Crippen LogP contribution in [-0.4, -0.2) is 31.8 Å². The van der Waals surface area contributed by atoms with Crippen LogP contribution < -0.4 is 4.18 Å². The number of ether oxygens (including phenoxy) is 1. The summed E-state index contributed by atoms with van der Waals surface area (Å²) in [5.74, 6) is 0.254. The van der Waals surface area contributed by atoms with Crippen LogP contribution in [0.5, 0.6) is 5.75 Å². The summed E-state index contributed by atoms with van der Waals surface area (Å²) < 4.78 is 41.9. The summed E-state index contributed by atoms with van der Waals surface area (Å²) >= 11 is 0. The third-order valence-corrected chi connectivity index (χ3v) is 6.78. The number of hydrogen-bond donors (Lipinski definition) is 0. The Kier molecular flexibility index (Phi) is 9.91. The number of carbonyl (C=O) groups excluding carboxylic acids is 2. The molecule has 0 saturated heterocycles. The number of furan rings is 1. The Bertz CT molecular complexity index is 1270. The lowest BCUT2D eigenvalue weighted by molar-refractivity contribution is -0.133. The Hall–Kier alpha value is -3.59. The first-order valence-corrected chi connectivity index (χ1v) is 13.7. The maximum absolute atomic E-state index is 13.0. The fourth-order valence-corrected chi connectivity index (χ4v) is 4.70. The van der Waals surface area contributed by atoms with Gasteiger partial charge in [0, 0.05) is 13.0 Å². The minimum atomic E-state index is -4.29. The zero-order chi connectivity index (χ0) is 26.8. The molecular weight excluding hydrogens is 494 g/mol. The smallest absolute Gasteiger partial charge is 0.340 e. The van der Waals surface area contributed by atoms with Gasteiger partial charge in [-0.3, -0.25) is 4.79 Å². The van der Waals surface area contributed by atoms with Crippen molar-refractivity contribution in [2.45, 2.75) is 58.0 Å². The van der Waals surface area contributed by atoms with Gasteiger partial charge >= 0.3 is 16.1 Å². The molecule has 0 aliphatic carbocycles. The molecule has 9 heteroatoms. The molecule has 0 atom stereocenters. The summed E-state index contributed by atoms with van der Waals surface area (Å²) in [6.07, 6.45) is 3.50. The molecule has 2 aromatic carbocycles. The topological polar surface area (TPSA) is 103 Å². The molecule has 0 unspecified atom stereocenters. The molecule has 0 bridgehead atoms. The van der Waals surface area contributed by atoms with Crippen molar-refractivity contribution in [2.24, 2.45) is 5.92 Å². The normalized spacial score (nSPS) is 11.4. The molecular formula is C28H33NO7S. The fourth-order valence-electron chi connectivity index (χ4n) is 3.58. The van der Waals surface area contributed by atoms with Crippen LogP contribution in [0.3, 0.4) is 0 Å². The number of benzene rings is 2. The van der Waals surface area contributed by atoms with Gasteiger partial charge in [-0.2, -0.15) is 8.42 Å². The van der Waals surface area contributed by atoms with E-state index < -0.39 is 16.1 Å². The summed E-state index contributed by atoms with van der Waals surface area (Å²) in [7, 11) is -4.29. The summed E-state index contributed by atoms with van der Waals surface area (Å²) in [6.45, 7) is 6.80. The van der Waals surface area contributed by atoms with Gasteiger partial charge in [0.25, 0.3) is 0 Å². The van der Waals surface area contributed by atoms with Gasteiger partial charge in [0.15, 0.2) is 0 Å². The maximum atomic E-state index is 13.0. The predicted molar refractivity (Wildman–Crippen MR) is 138 cm³/mol. The monoisotopic (exact) mass is 527 g/mol. The van der Waals surface area contributed by atoms with Crippen LogP contribution in [0.25, 0.3) is 0 Å². The highest BCUT2D eigenvalue weighted by Crippen LogP contribution is 2.24. The molecule has 3 rings (SSSR count). The van der Waals surface area contributed by atoms with Crippen LogP contribution in [-0.2, 0) is 32.7 Å². The van der Waals surface area contributed by atoms with Gasteiger partial charge in [-0.25, -0.2) is 4.79 Å². The number of nitrogens with zero attached hydrogens (tertiary/aromatic N) is 1. The number of rotatable bonds is 13. The second kappa shape index (κ2) is 13.1. The molecule has 0 aliphatic rings. The highest BCUT2D eigenvalue weighted by Gasteiger charge is 2.25. The molecule has 37 heavy (non-hydrogen) atoms. The van der Waals surface area contributed by atoms with Crippen molar-refractivity contribution in [1.29, 1.82) is 0 Å². The van der Waals surface area contributed by atoms with E-state index >= 15 is 0 Å². The summed E-state index contributed by atoms with van der Waals surface area (Å²) in [5.41, 5.74) is 0.723. The molecule has 0 N–H and O–H groups in total. The van der Waals surface area contributed by atoms with E-state index in [1.54, 1.807) is 35.4 Å². The lowest BCUT2D eigenvalue weighted by atomic mass is 10.1. The van der Waals surface area contributed by atoms with E-state index in [-0.39, 0.29) is 34.6 Å². The zero-order valence-electron chi connectivity index (χ0n) is 21.4. The summed E-state index contributed by atoms with van der Waals surface area (Å²) in [5, 5.41) is 0. The van der Waals surface area contributed by atoms with Crippen molar-refractivity contribution in [3.63, 3.8) is 0 Å². The minimum absolute atomic E-state index is 0.00302. The third kappa shape index (κ3) is 8.21. The van der Waals surface area contributed by atoms with Crippen LogP contribution in [0, 0.1) is 5.92 Å². The highest BCUT2D eigenvalue weighted by atomic mass is 32.2. The van der Waals surface area contributed by atoms with Gasteiger partial charge in [-0.15, -0.1) is 0 Å². The number of esters is 1. The van der Waals surface area contributed by atoms with Crippen molar-refractivity contribution in [2.75, 3.05) is 6.61 Å². The van der Waals surface area contributed by atoms with Gasteiger partial charge < -0.3 is 18.2 Å². The molecule has 1 heterocycles. The Balaban J connectivity index is 1.73. The lowest BCUT2D eigenvalue weighted by Gasteiger charge is -2.23.